The number of carbonyl (C=O) groups is 1. The molecule has 0 aromatic heterocycles. The third-order valence-electron chi connectivity index (χ3n) is 3.20. The van der Waals surface area contributed by atoms with Crippen molar-refractivity contribution in [2.24, 2.45) is 5.92 Å². The number of aliphatic hydroxyl groups excluding tert-OH is 1. The number of ether oxygens (including phenoxy) is 1. The van der Waals surface area contributed by atoms with E-state index in [4.69, 9.17) is 4.74 Å². The second-order valence-electron chi connectivity index (χ2n) is 4.37. The SMILES string of the molecule is CCC1O[C@H](NC)C(NC(C)=O)C(O)C1C. The predicted octanol–water partition coefficient (Wildman–Crippen LogP) is -0.158. The van der Waals surface area contributed by atoms with Gasteiger partial charge in [-0.1, -0.05) is 13.8 Å². The molecule has 1 heterocycles. The summed E-state index contributed by atoms with van der Waals surface area (Å²) in [5, 5.41) is 15.9. The van der Waals surface area contributed by atoms with Crippen LogP contribution < -0.4 is 10.6 Å². The Morgan fingerprint density at radius 3 is 2.56 bits per heavy atom. The zero-order chi connectivity index (χ0) is 12.3. The lowest BCUT2D eigenvalue weighted by Gasteiger charge is -2.43. The number of rotatable bonds is 3. The molecule has 0 saturated carbocycles. The highest BCUT2D eigenvalue weighted by Crippen LogP contribution is 2.26. The number of likely N-dealkylation sites (N-methyl/N-ethyl adjacent to an activating group) is 1. The van der Waals surface area contributed by atoms with Crippen molar-refractivity contribution >= 4 is 5.91 Å². The Bertz CT molecular complexity index is 245. The summed E-state index contributed by atoms with van der Waals surface area (Å²) in [6, 6.07) is -0.389. The van der Waals surface area contributed by atoms with E-state index in [1.807, 2.05) is 13.8 Å². The van der Waals surface area contributed by atoms with E-state index >= 15 is 0 Å². The minimum atomic E-state index is -0.583. The summed E-state index contributed by atoms with van der Waals surface area (Å²) in [4.78, 5) is 11.1. The van der Waals surface area contributed by atoms with Crippen LogP contribution in [0.15, 0.2) is 0 Å². The summed E-state index contributed by atoms with van der Waals surface area (Å²) in [6.07, 6.45) is -0.0408. The smallest absolute Gasteiger partial charge is 0.217 e. The summed E-state index contributed by atoms with van der Waals surface area (Å²) in [5.41, 5.74) is 0. The van der Waals surface area contributed by atoms with E-state index in [1.165, 1.54) is 6.92 Å². The Balaban J connectivity index is 2.77. The lowest BCUT2D eigenvalue weighted by atomic mass is 9.87. The molecule has 5 heteroatoms. The maximum atomic E-state index is 11.1. The first-order valence-electron chi connectivity index (χ1n) is 5.79. The average molecular weight is 230 g/mol. The van der Waals surface area contributed by atoms with Gasteiger partial charge < -0.3 is 15.2 Å². The van der Waals surface area contributed by atoms with Gasteiger partial charge in [0.15, 0.2) is 0 Å². The molecule has 1 aliphatic rings. The topological polar surface area (TPSA) is 70.6 Å². The van der Waals surface area contributed by atoms with Gasteiger partial charge in [0.2, 0.25) is 5.91 Å². The van der Waals surface area contributed by atoms with E-state index in [9.17, 15) is 9.90 Å². The second-order valence-corrected chi connectivity index (χ2v) is 4.37. The van der Waals surface area contributed by atoms with E-state index < -0.39 is 6.10 Å². The van der Waals surface area contributed by atoms with Gasteiger partial charge in [-0.05, 0) is 13.5 Å². The first-order chi connectivity index (χ1) is 7.51. The van der Waals surface area contributed by atoms with Crippen molar-refractivity contribution < 1.29 is 14.6 Å². The first kappa shape index (κ1) is 13.4. The van der Waals surface area contributed by atoms with Crippen LogP contribution in [0.2, 0.25) is 0 Å². The zero-order valence-electron chi connectivity index (χ0n) is 10.4. The summed E-state index contributed by atoms with van der Waals surface area (Å²) in [5.74, 6) is -0.138. The third kappa shape index (κ3) is 2.72. The minimum Gasteiger partial charge on any atom is -0.390 e. The zero-order valence-corrected chi connectivity index (χ0v) is 10.4. The predicted molar refractivity (Wildman–Crippen MR) is 60.8 cm³/mol. The minimum absolute atomic E-state index is 0.0199. The number of hydrogen-bond donors (Lipinski definition) is 3. The first-order valence-corrected chi connectivity index (χ1v) is 5.79. The molecule has 1 fully saturated rings. The second kappa shape index (κ2) is 5.61. The molecule has 1 aliphatic heterocycles. The molecule has 0 aromatic rings. The highest BCUT2D eigenvalue weighted by molar-refractivity contribution is 5.73. The monoisotopic (exact) mass is 230 g/mol. The van der Waals surface area contributed by atoms with Crippen molar-refractivity contribution in [1.29, 1.82) is 0 Å². The molecule has 1 rings (SSSR count). The van der Waals surface area contributed by atoms with Gasteiger partial charge in [-0.2, -0.15) is 0 Å². The molecule has 5 nitrogen and oxygen atoms in total. The van der Waals surface area contributed by atoms with Crippen molar-refractivity contribution in [2.75, 3.05) is 7.05 Å². The Morgan fingerprint density at radius 2 is 2.12 bits per heavy atom. The largest absolute Gasteiger partial charge is 0.390 e. The summed E-state index contributed by atoms with van der Waals surface area (Å²) < 4.78 is 5.80. The van der Waals surface area contributed by atoms with Gasteiger partial charge in [0.05, 0.1) is 18.2 Å². The number of aliphatic hydroxyl groups is 1. The molecule has 0 bridgehead atoms. The van der Waals surface area contributed by atoms with Crippen LogP contribution in [0, 0.1) is 5.92 Å². The van der Waals surface area contributed by atoms with Crippen molar-refractivity contribution in [3.8, 4) is 0 Å². The van der Waals surface area contributed by atoms with Crippen molar-refractivity contribution in [1.82, 2.24) is 10.6 Å². The van der Waals surface area contributed by atoms with Gasteiger partial charge in [0.25, 0.3) is 0 Å². The number of amides is 1. The van der Waals surface area contributed by atoms with Gasteiger partial charge in [-0.15, -0.1) is 0 Å². The lowest BCUT2D eigenvalue weighted by Crippen LogP contribution is -2.63. The molecule has 0 aliphatic carbocycles. The molecule has 16 heavy (non-hydrogen) atoms. The van der Waals surface area contributed by atoms with Gasteiger partial charge in [0, 0.05) is 12.8 Å². The van der Waals surface area contributed by atoms with Crippen LogP contribution in [-0.2, 0) is 9.53 Å². The fourth-order valence-corrected chi connectivity index (χ4v) is 2.23. The Kier molecular flexibility index (Phi) is 4.70. The maximum absolute atomic E-state index is 11.1. The quantitative estimate of drug-likeness (QED) is 0.630. The molecular formula is C11H22N2O3. The highest BCUT2D eigenvalue weighted by Gasteiger charge is 2.41. The van der Waals surface area contributed by atoms with Crippen LogP contribution in [0.3, 0.4) is 0 Å². The molecule has 0 aromatic carbocycles. The van der Waals surface area contributed by atoms with E-state index in [2.05, 4.69) is 10.6 Å². The van der Waals surface area contributed by atoms with Gasteiger partial charge in [-0.25, -0.2) is 0 Å². The molecule has 5 atom stereocenters. The van der Waals surface area contributed by atoms with E-state index in [0.717, 1.165) is 6.42 Å². The van der Waals surface area contributed by atoms with Crippen LogP contribution in [0.4, 0.5) is 0 Å². The summed E-state index contributed by atoms with van der Waals surface area (Å²) >= 11 is 0. The van der Waals surface area contributed by atoms with Gasteiger partial charge >= 0.3 is 0 Å². The van der Waals surface area contributed by atoms with Crippen molar-refractivity contribution in [3.05, 3.63) is 0 Å². The summed E-state index contributed by atoms with van der Waals surface area (Å²) in [7, 11) is 1.76. The lowest BCUT2D eigenvalue weighted by molar-refractivity contribution is -0.163. The van der Waals surface area contributed by atoms with Crippen LogP contribution in [0.1, 0.15) is 27.2 Å². The van der Waals surface area contributed by atoms with E-state index in [0.29, 0.717) is 0 Å². The van der Waals surface area contributed by atoms with Crippen molar-refractivity contribution in [2.45, 2.75) is 51.7 Å². The van der Waals surface area contributed by atoms with Crippen LogP contribution >= 0.6 is 0 Å². The van der Waals surface area contributed by atoms with Crippen LogP contribution in [-0.4, -0.2) is 42.5 Å². The normalized spacial score (nSPS) is 39.4. The fraction of sp³-hybridized carbons (Fsp3) is 0.909. The number of carbonyl (C=O) groups excluding carboxylic acids is 1. The standard InChI is InChI=1S/C11H22N2O3/c1-5-8-6(2)10(15)9(13-7(3)14)11(12-4)16-8/h6,8-12,15H,5H2,1-4H3,(H,13,14)/t6?,8?,9?,10?,11-/m0/s1. The molecule has 1 amide bonds. The Hall–Kier alpha value is -0.650. The van der Waals surface area contributed by atoms with Crippen LogP contribution in [0.5, 0.6) is 0 Å². The Morgan fingerprint density at radius 1 is 1.50 bits per heavy atom. The third-order valence-corrected chi connectivity index (χ3v) is 3.20. The molecule has 94 valence electrons. The maximum Gasteiger partial charge on any atom is 0.217 e. The Labute approximate surface area is 96.6 Å². The van der Waals surface area contributed by atoms with Crippen LogP contribution in [0.25, 0.3) is 0 Å². The molecule has 4 unspecified atom stereocenters. The average Bonchev–Trinajstić information content (AvgIpc) is 2.25. The molecular weight excluding hydrogens is 208 g/mol. The number of nitrogens with one attached hydrogen (secondary N) is 2. The fourth-order valence-electron chi connectivity index (χ4n) is 2.23. The van der Waals surface area contributed by atoms with Gasteiger partial charge in [0.1, 0.15) is 6.23 Å². The highest BCUT2D eigenvalue weighted by atomic mass is 16.5. The molecule has 3 N–H and O–H groups in total. The number of hydrogen-bond acceptors (Lipinski definition) is 4. The molecule has 0 radical (unpaired) electrons. The van der Waals surface area contributed by atoms with Crippen molar-refractivity contribution in [3.63, 3.8) is 0 Å². The molecule has 0 spiro atoms. The molecule has 1 saturated heterocycles. The van der Waals surface area contributed by atoms with Gasteiger partial charge in [-0.3, -0.25) is 10.1 Å². The van der Waals surface area contributed by atoms with E-state index in [-0.39, 0.29) is 30.2 Å². The van der Waals surface area contributed by atoms with E-state index in [1.54, 1.807) is 7.05 Å². The summed E-state index contributed by atoms with van der Waals surface area (Å²) in [6.45, 7) is 5.41.